The number of thiocarbonyl (C=S) groups is 1. The fraction of sp³-hybridized carbons (Fsp3) is 0.778. The summed E-state index contributed by atoms with van der Waals surface area (Å²) >= 11 is 8.43. The lowest BCUT2D eigenvalue weighted by Gasteiger charge is -2.29. The highest BCUT2D eigenvalue weighted by molar-refractivity contribution is 8.10. The number of aliphatic carboxylic acids is 1. The first-order valence-electron chi connectivity index (χ1n) is 5.23. The molecule has 0 fully saturated rings. The summed E-state index contributed by atoms with van der Waals surface area (Å²) in [6.07, 6.45) is -6.76. The Morgan fingerprint density at radius 1 is 1.16 bits per heavy atom. The monoisotopic (exact) mass is 315 g/mol. The van der Waals surface area contributed by atoms with Crippen LogP contribution < -0.4 is 0 Å². The lowest BCUT2D eigenvalue weighted by Crippen LogP contribution is -2.50. The number of thiol groups is 1. The Balaban J connectivity index is 4.58. The molecule has 19 heavy (non-hydrogen) atoms. The van der Waals surface area contributed by atoms with Crippen molar-refractivity contribution < 1.29 is 35.4 Å². The molecule has 0 aromatic rings. The number of rotatable bonds is 8. The molecule has 4 unspecified atom stereocenters. The molecule has 0 aromatic heterocycles. The molecule has 8 nitrogen and oxygen atoms in total. The average molecular weight is 315 g/mol. The van der Waals surface area contributed by atoms with Gasteiger partial charge in [-0.3, -0.25) is 4.79 Å². The summed E-state index contributed by atoms with van der Waals surface area (Å²) in [5, 5.41) is 54.9. The van der Waals surface area contributed by atoms with E-state index in [2.05, 4.69) is 24.8 Å². The molecule has 0 aliphatic heterocycles. The first kappa shape index (κ1) is 18.5. The van der Waals surface area contributed by atoms with Gasteiger partial charge in [0, 0.05) is 6.54 Å². The van der Waals surface area contributed by atoms with E-state index in [4.69, 9.17) is 15.3 Å². The number of aliphatic hydroxyl groups excluding tert-OH is 5. The molecule has 10 heteroatoms. The molecule has 0 rings (SSSR count). The third-order valence-corrected chi connectivity index (χ3v) is 2.87. The largest absolute Gasteiger partial charge is 0.480 e. The average Bonchev–Trinajstić information content (AvgIpc) is 2.34. The van der Waals surface area contributed by atoms with Crippen molar-refractivity contribution in [3.05, 3.63) is 0 Å². The third kappa shape index (κ3) is 6.47. The van der Waals surface area contributed by atoms with Crippen LogP contribution in [0, 0.1) is 0 Å². The molecule has 0 aliphatic rings. The van der Waals surface area contributed by atoms with Crippen molar-refractivity contribution in [3.63, 3.8) is 0 Å². The van der Waals surface area contributed by atoms with E-state index in [9.17, 15) is 20.1 Å². The van der Waals surface area contributed by atoms with Gasteiger partial charge in [0.2, 0.25) is 0 Å². The van der Waals surface area contributed by atoms with Crippen LogP contribution in [0.25, 0.3) is 0 Å². The van der Waals surface area contributed by atoms with Gasteiger partial charge in [0.1, 0.15) is 35.3 Å². The summed E-state index contributed by atoms with van der Waals surface area (Å²) in [7, 11) is 0. The van der Waals surface area contributed by atoms with Gasteiger partial charge in [-0.2, -0.15) is 0 Å². The highest BCUT2D eigenvalue weighted by Gasteiger charge is 2.31. The van der Waals surface area contributed by atoms with Gasteiger partial charge in [-0.1, -0.05) is 12.2 Å². The van der Waals surface area contributed by atoms with Crippen LogP contribution in [0.5, 0.6) is 0 Å². The van der Waals surface area contributed by atoms with Gasteiger partial charge >= 0.3 is 5.97 Å². The zero-order chi connectivity index (χ0) is 15.2. The fourth-order valence-electron chi connectivity index (χ4n) is 1.27. The Kier molecular flexibility index (Phi) is 8.41. The van der Waals surface area contributed by atoms with Crippen LogP contribution in [0.15, 0.2) is 0 Å². The highest BCUT2D eigenvalue weighted by atomic mass is 32.1. The zero-order valence-corrected chi connectivity index (χ0v) is 11.5. The van der Waals surface area contributed by atoms with Crippen molar-refractivity contribution in [3.8, 4) is 0 Å². The Morgan fingerprint density at radius 3 is 2.00 bits per heavy atom. The van der Waals surface area contributed by atoms with Crippen molar-refractivity contribution in [1.82, 2.24) is 4.90 Å². The van der Waals surface area contributed by atoms with Crippen molar-refractivity contribution in [2.45, 2.75) is 24.4 Å². The van der Waals surface area contributed by atoms with Gasteiger partial charge in [-0.05, 0) is 0 Å². The smallest absolute Gasteiger partial charge is 0.323 e. The molecule has 0 aliphatic carbocycles. The standard InChI is InChI=1S/C9H17NO7S2/c11-3-5(13)8(17)7(16)4(12)1-10(9(18)19)2-6(14)15/h4-5,7-8,11-13,16-17H,1-3H2,(H,14,15)(H,18,19). The molecule has 0 saturated carbocycles. The van der Waals surface area contributed by atoms with Crippen molar-refractivity contribution in [2.75, 3.05) is 19.7 Å². The van der Waals surface area contributed by atoms with Crippen LogP contribution >= 0.6 is 24.8 Å². The Labute approximate surface area is 120 Å². The predicted octanol–water partition coefficient (Wildman–Crippen LogP) is -2.98. The minimum atomic E-state index is -1.78. The molecular formula is C9H17NO7S2. The lowest BCUT2D eigenvalue weighted by atomic mass is 10.0. The maximum absolute atomic E-state index is 10.6. The van der Waals surface area contributed by atoms with Crippen LogP contribution in [-0.4, -0.2) is 89.9 Å². The zero-order valence-electron chi connectivity index (χ0n) is 9.82. The van der Waals surface area contributed by atoms with Crippen LogP contribution in [0.1, 0.15) is 0 Å². The second-order valence-corrected chi connectivity index (χ2v) is 4.97. The molecule has 6 N–H and O–H groups in total. The summed E-state index contributed by atoms with van der Waals surface area (Å²) < 4.78 is -0.106. The molecule has 112 valence electrons. The Morgan fingerprint density at radius 2 is 1.63 bits per heavy atom. The molecule has 0 heterocycles. The molecule has 0 bridgehead atoms. The summed E-state index contributed by atoms with van der Waals surface area (Å²) in [5.74, 6) is -1.21. The van der Waals surface area contributed by atoms with E-state index >= 15 is 0 Å². The van der Waals surface area contributed by atoms with E-state index in [0.717, 1.165) is 4.90 Å². The SMILES string of the molecule is O=C(O)CN(CC(O)C(O)C(O)C(O)CO)C(=S)S. The van der Waals surface area contributed by atoms with E-state index in [1.807, 2.05) is 0 Å². The third-order valence-electron chi connectivity index (χ3n) is 2.33. The quantitative estimate of drug-likeness (QED) is 0.184. The van der Waals surface area contributed by atoms with Gasteiger partial charge in [0.15, 0.2) is 0 Å². The normalized spacial score (nSPS) is 17.4. The van der Waals surface area contributed by atoms with Gasteiger partial charge in [-0.25, -0.2) is 0 Å². The number of aliphatic hydroxyl groups is 5. The first-order chi connectivity index (χ1) is 8.70. The molecular weight excluding hydrogens is 298 g/mol. The maximum atomic E-state index is 10.6. The second-order valence-electron chi connectivity index (χ2n) is 3.86. The highest BCUT2D eigenvalue weighted by Crippen LogP contribution is 2.08. The molecule has 0 amide bonds. The number of nitrogens with zero attached hydrogens (tertiary/aromatic N) is 1. The van der Waals surface area contributed by atoms with Crippen LogP contribution in [0.4, 0.5) is 0 Å². The second kappa shape index (κ2) is 8.64. The van der Waals surface area contributed by atoms with Crippen molar-refractivity contribution >= 4 is 35.1 Å². The van der Waals surface area contributed by atoms with Gasteiger partial charge in [0.25, 0.3) is 0 Å². The van der Waals surface area contributed by atoms with E-state index in [-0.39, 0.29) is 4.32 Å². The molecule has 0 aromatic carbocycles. The Hall–Kier alpha value is -0.490. The molecule has 0 radical (unpaired) electrons. The summed E-state index contributed by atoms with van der Waals surface area (Å²) in [6, 6.07) is 0. The summed E-state index contributed by atoms with van der Waals surface area (Å²) in [6.45, 7) is -1.73. The van der Waals surface area contributed by atoms with Crippen LogP contribution in [0.3, 0.4) is 0 Å². The number of carbonyl (C=O) groups is 1. The minimum Gasteiger partial charge on any atom is -0.480 e. The summed E-state index contributed by atoms with van der Waals surface area (Å²) in [5.41, 5.74) is 0. The summed E-state index contributed by atoms with van der Waals surface area (Å²) in [4.78, 5) is 11.5. The predicted molar refractivity (Wildman–Crippen MR) is 71.9 cm³/mol. The van der Waals surface area contributed by atoms with Crippen LogP contribution in [0.2, 0.25) is 0 Å². The van der Waals surface area contributed by atoms with Gasteiger partial charge < -0.3 is 35.5 Å². The molecule has 4 atom stereocenters. The molecule has 0 spiro atoms. The van der Waals surface area contributed by atoms with Crippen molar-refractivity contribution in [1.29, 1.82) is 0 Å². The van der Waals surface area contributed by atoms with E-state index in [0.29, 0.717) is 0 Å². The van der Waals surface area contributed by atoms with Gasteiger partial charge in [-0.15, -0.1) is 12.6 Å². The molecule has 0 saturated heterocycles. The topological polar surface area (TPSA) is 142 Å². The van der Waals surface area contributed by atoms with Crippen molar-refractivity contribution in [2.24, 2.45) is 0 Å². The van der Waals surface area contributed by atoms with E-state index in [1.165, 1.54) is 0 Å². The lowest BCUT2D eigenvalue weighted by molar-refractivity contribution is -0.138. The van der Waals surface area contributed by atoms with Gasteiger partial charge in [0.05, 0.1) is 6.61 Å². The van der Waals surface area contributed by atoms with E-state index in [1.54, 1.807) is 0 Å². The number of hydrogen-bond acceptors (Lipinski definition) is 7. The van der Waals surface area contributed by atoms with Crippen LogP contribution in [-0.2, 0) is 4.79 Å². The van der Waals surface area contributed by atoms with E-state index < -0.39 is 50.1 Å². The first-order valence-corrected chi connectivity index (χ1v) is 6.09. The number of hydrogen-bond donors (Lipinski definition) is 7. The minimum absolute atomic E-state index is 0.106. The number of carboxylic acid groups (broad SMARTS) is 1. The Bertz CT molecular complexity index is 317. The fourth-order valence-corrected chi connectivity index (χ4v) is 1.56. The maximum Gasteiger partial charge on any atom is 0.323 e. The number of carboxylic acids is 1.